The number of nitrogens with zero attached hydrogens (tertiary/aromatic N) is 1. The van der Waals surface area contributed by atoms with Crippen molar-refractivity contribution in [2.45, 2.75) is 56.3 Å². The summed E-state index contributed by atoms with van der Waals surface area (Å²) in [5, 5.41) is 0. The monoisotopic (exact) mass is 413 g/mol. The fraction of sp³-hybridized carbons (Fsp3) is 0.556. The first kappa shape index (κ1) is 17.4. The summed E-state index contributed by atoms with van der Waals surface area (Å²) in [6.07, 6.45) is 1.37. The van der Waals surface area contributed by atoms with E-state index in [0.29, 0.717) is 12.1 Å². The molecule has 1 fully saturated rings. The van der Waals surface area contributed by atoms with E-state index in [9.17, 15) is 9.59 Å². The second kappa shape index (κ2) is 5.95. The number of carbonyl (C=O) groups is 2. The highest BCUT2D eigenvalue weighted by Gasteiger charge is 2.36. The zero-order valence-corrected chi connectivity index (χ0v) is 16.1. The van der Waals surface area contributed by atoms with Gasteiger partial charge in [0.25, 0.3) is 0 Å². The highest BCUT2D eigenvalue weighted by atomic mass is 127. The molecule has 0 N–H and O–H groups in total. The highest BCUT2D eigenvalue weighted by Crippen LogP contribution is 2.37. The second-order valence-electron chi connectivity index (χ2n) is 7.50. The zero-order valence-electron chi connectivity index (χ0n) is 13.9. The second-order valence-corrected chi connectivity index (χ2v) is 10.4. The fourth-order valence-electron chi connectivity index (χ4n) is 3.27. The Hall–Kier alpha value is -0.910. The Morgan fingerprint density at radius 2 is 1.68 bits per heavy atom. The van der Waals surface area contributed by atoms with Crippen molar-refractivity contribution in [1.82, 2.24) is 0 Å². The summed E-state index contributed by atoms with van der Waals surface area (Å²) < 4.78 is 0.218. The third-order valence-electron chi connectivity index (χ3n) is 4.14. The molecule has 0 aliphatic carbocycles. The normalized spacial score (nSPS) is 19.9. The molecule has 1 atom stereocenters. The molecule has 2 amide bonds. The molecule has 1 aliphatic heterocycles. The molecule has 0 bridgehead atoms. The molecule has 0 aromatic heterocycles. The van der Waals surface area contributed by atoms with Gasteiger partial charge < -0.3 is 0 Å². The molecule has 1 heterocycles. The van der Waals surface area contributed by atoms with E-state index in [4.69, 9.17) is 0 Å². The Morgan fingerprint density at radius 3 is 2.09 bits per heavy atom. The maximum atomic E-state index is 12.1. The van der Waals surface area contributed by atoms with E-state index in [1.165, 1.54) is 10.5 Å². The standard InChI is InChI=1S/C18H24INO2/c1-12-10-15(21)20(16(12)22)14-8-6-13(7-9-14)17(2,3)11-18(4,5)19/h6-9,12H,10-11H2,1-5H3. The number of imide groups is 1. The van der Waals surface area contributed by atoms with Gasteiger partial charge in [0, 0.05) is 15.8 Å². The molecular formula is C18H24INO2. The predicted molar refractivity (Wildman–Crippen MR) is 98.5 cm³/mol. The van der Waals surface area contributed by atoms with Crippen LogP contribution in [0.2, 0.25) is 0 Å². The van der Waals surface area contributed by atoms with Gasteiger partial charge in [0.05, 0.1) is 5.69 Å². The minimum atomic E-state index is -0.205. The van der Waals surface area contributed by atoms with Crippen molar-refractivity contribution in [2.75, 3.05) is 4.90 Å². The van der Waals surface area contributed by atoms with Crippen molar-refractivity contribution in [3.8, 4) is 0 Å². The van der Waals surface area contributed by atoms with Gasteiger partial charge in [0.1, 0.15) is 0 Å². The van der Waals surface area contributed by atoms with Crippen LogP contribution < -0.4 is 4.90 Å². The molecule has 4 heteroatoms. The predicted octanol–water partition coefficient (Wildman–Crippen LogP) is 4.47. The van der Waals surface area contributed by atoms with Gasteiger partial charge in [-0.2, -0.15) is 0 Å². The molecule has 2 rings (SSSR count). The first-order valence-electron chi connectivity index (χ1n) is 7.67. The summed E-state index contributed by atoms with van der Waals surface area (Å²) in [5.41, 5.74) is 1.97. The Kier molecular flexibility index (Phi) is 4.71. The molecule has 120 valence electrons. The minimum Gasteiger partial charge on any atom is -0.274 e. The van der Waals surface area contributed by atoms with E-state index in [0.717, 1.165) is 6.42 Å². The maximum absolute atomic E-state index is 12.1. The molecule has 3 nitrogen and oxygen atoms in total. The lowest BCUT2D eigenvalue weighted by Gasteiger charge is -2.32. The van der Waals surface area contributed by atoms with Gasteiger partial charge in [-0.05, 0) is 29.5 Å². The molecular weight excluding hydrogens is 389 g/mol. The summed E-state index contributed by atoms with van der Waals surface area (Å²) in [5.74, 6) is -0.397. The summed E-state index contributed by atoms with van der Waals surface area (Å²) in [7, 11) is 0. The zero-order chi connectivity index (χ0) is 16.7. The van der Waals surface area contributed by atoms with Crippen LogP contribution >= 0.6 is 22.6 Å². The summed E-state index contributed by atoms with van der Waals surface area (Å²) in [4.78, 5) is 25.4. The molecule has 22 heavy (non-hydrogen) atoms. The first-order valence-corrected chi connectivity index (χ1v) is 8.75. The summed E-state index contributed by atoms with van der Waals surface area (Å²) in [6.45, 7) is 10.7. The van der Waals surface area contributed by atoms with Crippen molar-refractivity contribution in [3.05, 3.63) is 29.8 Å². The number of rotatable bonds is 4. The maximum Gasteiger partial charge on any atom is 0.237 e. The first-order chi connectivity index (χ1) is 10.0. The van der Waals surface area contributed by atoms with E-state index in [1.807, 2.05) is 24.3 Å². The average Bonchev–Trinajstić information content (AvgIpc) is 2.60. The van der Waals surface area contributed by atoms with E-state index in [1.54, 1.807) is 6.92 Å². The average molecular weight is 413 g/mol. The number of benzene rings is 1. The van der Waals surface area contributed by atoms with Crippen LogP contribution in [-0.4, -0.2) is 15.2 Å². The summed E-state index contributed by atoms with van der Waals surface area (Å²) in [6, 6.07) is 7.87. The van der Waals surface area contributed by atoms with E-state index in [2.05, 4.69) is 50.3 Å². The number of hydrogen-bond donors (Lipinski definition) is 0. The lowest BCUT2D eigenvalue weighted by Crippen LogP contribution is -2.30. The lowest BCUT2D eigenvalue weighted by molar-refractivity contribution is -0.122. The van der Waals surface area contributed by atoms with Crippen LogP contribution in [0, 0.1) is 5.92 Å². The topological polar surface area (TPSA) is 37.4 Å². The van der Waals surface area contributed by atoms with Gasteiger partial charge in [-0.1, -0.05) is 69.3 Å². The molecule has 1 aromatic rings. The van der Waals surface area contributed by atoms with E-state index in [-0.39, 0.29) is 26.6 Å². The molecule has 1 saturated heterocycles. The molecule has 0 saturated carbocycles. The van der Waals surface area contributed by atoms with Crippen LogP contribution in [-0.2, 0) is 15.0 Å². The van der Waals surface area contributed by atoms with E-state index < -0.39 is 0 Å². The number of hydrogen-bond acceptors (Lipinski definition) is 2. The van der Waals surface area contributed by atoms with Crippen LogP contribution in [0.4, 0.5) is 5.69 Å². The van der Waals surface area contributed by atoms with Gasteiger partial charge in [-0.25, -0.2) is 0 Å². The van der Waals surface area contributed by atoms with Crippen LogP contribution in [0.15, 0.2) is 24.3 Å². The van der Waals surface area contributed by atoms with Crippen LogP contribution in [0.25, 0.3) is 0 Å². The highest BCUT2D eigenvalue weighted by molar-refractivity contribution is 14.1. The number of anilines is 1. The Labute approximate surface area is 146 Å². The lowest BCUT2D eigenvalue weighted by atomic mass is 9.78. The fourth-order valence-corrected chi connectivity index (χ4v) is 4.22. The van der Waals surface area contributed by atoms with E-state index >= 15 is 0 Å². The summed E-state index contributed by atoms with van der Waals surface area (Å²) >= 11 is 2.48. The molecule has 1 aliphatic rings. The Morgan fingerprint density at radius 1 is 1.14 bits per heavy atom. The Bertz CT molecular complexity index is 584. The number of halogens is 1. The van der Waals surface area contributed by atoms with Crippen molar-refractivity contribution >= 4 is 40.1 Å². The van der Waals surface area contributed by atoms with Gasteiger partial charge in [0.2, 0.25) is 11.8 Å². The van der Waals surface area contributed by atoms with Crippen molar-refractivity contribution in [2.24, 2.45) is 5.92 Å². The third kappa shape index (κ3) is 3.70. The smallest absolute Gasteiger partial charge is 0.237 e. The number of alkyl halides is 1. The van der Waals surface area contributed by atoms with Crippen molar-refractivity contribution in [3.63, 3.8) is 0 Å². The van der Waals surface area contributed by atoms with Gasteiger partial charge in [-0.3, -0.25) is 14.5 Å². The molecule has 0 radical (unpaired) electrons. The quantitative estimate of drug-likeness (QED) is 0.415. The largest absolute Gasteiger partial charge is 0.274 e. The molecule has 1 unspecified atom stereocenters. The minimum absolute atomic E-state index is 0.0511. The Balaban J connectivity index is 2.24. The number of amides is 2. The van der Waals surface area contributed by atoms with Gasteiger partial charge in [0.15, 0.2) is 0 Å². The van der Waals surface area contributed by atoms with Crippen LogP contribution in [0.3, 0.4) is 0 Å². The third-order valence-corrected chi connectivity index (χ3v) is 4.52. The molecule has 1 aromatic carbocycles. The van der Waals surface area contributed by atoms with Crippen molar-refractivity contribution < 1.29 is 9.59 Å². The SMILES string of the molecule is CC1CC(=O)N(c2ccc(C(C)(C)CC(C)(C)I)cc2)C1=O. The van der Waals surface area contributed by atoms with Crippen LogP contribution in [0.5, 0.6) is 0 Å². The van der Waals surface area contributed by atoms with Gasteiger partial charge in [-0.15, -0.1) is 0 Å². The van der Waals surface area contributed by atoms with Crippen molar-refractivity contribution in [1.29, 1.82) is 0 Å². The number of carbonyl (C=O) groups excluding carboxylic acids is 2. The van der Waals surface area contributed by atoms with Crippen LogP contribution in [0.1, 0.15) is 53.0 Å². The van der Waals surface area contributed by atoms with Gasteiger partial charge >= 0.3 is 0 Å². The molecule has 0 spiro atoms.